The van der Waals surface area contributed by atoms with E-state index in [4.69, 9.17) is 13.3 Å². The molecule has 0 aromatic heterocycles. The Morgan fingerprint density at radius 3 is 1.83 bits per heavy atom. The molecule has 0 fully saturated rings. The molecule has 0 unspecified atom stereocenters. The first-order valence-electron chi connectivity index (χ1n) is 8.91. The molecule has 0 amide bonds. The first-order chi connectivity index (χ1) is 10.9. The van der Waals surface area contributed by atoms with E-state index in [-0.39, 0.29) is 0 Å². The number of hydrogen-bond donors (Lipinski definition) is 0. The van der Waals surface area contributed by atoms with E-state index in [9.17, 15) is 0 Å². The number of benzene rings is 1. The lowest BCUT2D eigenvalue weighted by Crippen LogP contribution is -2.57. The maximum Gasteiger partial charge on any atom is 0.537 e. The first-order valence-corrected chi connectivity index (χ1v) is 10.6. The molecule has 4 heteroatoms. The minimum atomic E-state index is -2.81. The summed E-state index contributed by atoms with van der Waals surface area (Å²) in [5.41, 5.74) is 0.328. The summed E-state index contributed by atoms with van der Waals surface area (Å²) in [5, 5.41) is 1.07. The Balaban J connectivity index is 2.83. The lowest BCUT2D eigenvalue weighted by molar-refractivity contribution is 0.0697. The van der Waals surface area contributed by atoms with Gasteiger partial charge in [0.05, 0.1) is 0 Å². The monoisotopic (exact) mass is 338 g/mol. The fraction of sp³-hybridized carbons (Fsp3) is 0.684. The average molecular weight is 339 g/mol. The van der Waals surface area contributed by atoms with Crippen molar-refractivity contribution in [3.8, 4) is 0 Å². The van der Waals surface area contributed by atoms with Crippen molar-refractivity contribution >= 4 is 14.0 Å². The third kappa shape index (κ3) is 7.62. The van der Waals surface area contributed by atoms with E-state index in [2.05, 4.69) is 46.8 Å². The van der Waals surface area contributed by atoms with E-state index in [1.54, 1.807) is 0 Å². The molecule has 0 aliphatic carbocycles. The Labute approximate surface area is 143 Å². The highest BCUT2D eigenvalue weighted by atomic mass is 28.4. The van der Waals surface area contributed by atoms with Gasteiger partial charge in [0.1, 0.15) is 0 Å². The van der Waals surface area contributed by atoms with Crippen molar-refractivity contribution in [1.82, 2.24) is 0 Å². The van der Waals surface area contributed by atoms with Gasteiger partial charge in [0.25, 0.3) is 0 Å². The van der Waals surface area contributed by atoms with Crippen LogP contribution in [-0.4, -0.2) is 28.6 Å². The summed E-state index contributed by atoms with van der Waals surface area (Å²) in [5.74, 6) is 0. The topological polar surface area (TPSA) is 27.7 Å². The zero-order chi connectivity index (χ0) is 17.2. The van der Waals surface area contributed by atoms with Crippen molar-refractivity contribution in [1.29, 1.82) is 0 Å². The van der Waals surface area contributed by atoms with Crippen LogP contribution in [0.4, 0.5) is 0 Å². The molecular formula is C19H34O3Si. The van der Waals surface area contributed by atoms with Gasteiger partial charge in [-0.05, 0) is 31.1 Å². The second kappa shape index (κ2) is 10.2. The molecule has 0 spiro atoms. The van der Waals surface area contributed by atoms with Crippen molar-refractivity contribution < 1.29 is 13.3 Å². The highest BCUT2D eigenvalue weighted by molar-refractivity contribution is 6.75. The van der Waals surface area contributed by atoms with Crippen molar-refractivity contribution in [2.45, 2.75) is 60.3 Å². The molecule has 0 aliphatic heterocycles. The lowest BCUT2D eigenvalue weighted by atomic mass is 9.91. The zero-order valence-corrected chi connectivity index (χ0v) is 16.6. The third-order valence-corrected chi connectivity index (χ3v) is 6.28. The van der Waals surface area contributed by atoms with Gasteiger partial charge in [-0.25, -0.2) is 0 Å². The van der Waals surface area contributed by atoms with Gasteiger partial charge in [0.15, 0.2) is 0 Å². The van der Waals surface area contributed by atoms with E-state index in [0.717, 1.165) is 30.9 Å². The van der Waals surface area contributed by atoms with E-state index < -0.39 is 8.80 Å². The van der Waals surface area contributed by atoms with Crippen molar-refractivity contribution in [2.24, 2.45) is 5.41 Å². The quantitative estimate of drug-likeness (QED) is 0.438. The molecule has 1 aromatic carbocycles. The van der Waals surface area contributed by atoms with Crippen molar-refractivity contribution in [3.63, 3.8) is 0 Å². The molecule has 0 heterocycles. The molecule has 0 bridgehead atoms. The normalized spacial score (nSPS) is 12.6. The highest BCUT2D eigenvalue weighted by Crippen LogP contribution is 2.21. The molecule has 0 saturated heterocycles. The second-order valence-corrected chi connectivity index (χ2v) is 9.69. The maximum absolute atomic E-state index is 6.31. The van der Waals surface area contributed by atoms with E-state index in [0.29, 0.717) is 25.2 Å². The van der Waals surface area contributed by atoms with Gasteiger partial charge >= 0.3 is 8.80 Å². The first kappa shape index (κ1) is 20.4. The van der Waals surface area contributed by atoms with Gasteiger partial charge in [-0.3, -0.25) is 0 Å². The van der Waals surface area contributed by atoms with Crippen molar-refractivity contribution in [2.75, 3.05) is 19.8 Å². The molecule has 0 aliphatic rings. The van der Waals surface area contributed by atoms with Crippen LogP contribution < -0.4 is 5.19 Å². The summed E-state index contributed by atoms with van der Waals surface area (Å²) in [6.07, 6.45) is 4.08. The van der Waals surface area contributed by atoms with Crippen LogP contribution in [0.15, 0.2) is 30.3 Å². The molecule has 0 radical (unpaired) electrons. The predicted octanol–water partition coefficient (Wildman–Crippen LogP) is 4.53. The fourth-order valence-electron chi connectivity index (χ4n) is 2.30. The summed E-state index contributed by atoms with van der Waals surface area (Å²) in [4.78, 5) is 0. The standard InChI is InChI=1S/C19H34O3Si/c1-6-15-20-23(21-16-7-2,18-12-9-8-10-13-18)22-17-11-14-19(3,4)5/h8-10,12-13H,6-7,11,14-17H2,1-5H3. The van der Waals surface area contributed by atoms with Crippen LogP contribution in [0.2, 0.25) is 0 Å². The van der Waals surface area contributed by atoms with Gasteiger partial charge < -0.3 is 13.3 Å². The van der Waals surface area contributed by atoms with E-state index in [1.165, 1.54) is 0 Å². The van der Waals surface area contributed by atoms with Crippen LogP contribution in [0.25, 0.3) is 0 Å². The molecule has 0 atom stereocenters. The summed E-state index contributed by atoms with van der Waals surface area (Å²) in [6.45, 7) is 13.0. The second-order valence-electron chi connectivity index (χ2n) is 7.13. The summed E-state index contributed by atoms with van der Waals surface area (Å²) in [6, 6.07) is 10.2. The van der Waals surface area contributed by atoms with Crippen LogP contribution in [-0.2, 0) is 13.3 Å². The Morgan fingerprint density at radius 1 is 0.826 bits per heavy atom. The molecule has 1 rings (SSSR count). The Bertz CT molecular complexity index is 406. The maximum atomic E-state index is 6.31. The SMILES string of the molecule is CCCO[Si](OCCC)(OCCCC(C)(C)C)c1ccccc1. The summed E-state index contributed by atoms with van der Waals surface area (Å²) < 4.78 is 18.7. The van der Waals surface area contributed by atoms with E-state index in [1.807, 2.05) is 18.2 Å². The van der Waals surface area contributed by atoms with Crippen molar-refractivity contribution in [3.05, 3.63) is 30.3 Å². The molecule has 1 aromatic rings. The molecule has 23 heavy (non-hydrogen) atoms. The lowest BCUT2D eigenvalue weighted by Gasteiger charge is -2.30. The van der Waals surface area contributed by atoms with Gasteiger partial charge in [-0.2, -0.15) is 0 Å². The van der Waals surface area contributed by atoms with Gasteiger partial charge in [-0.1, -0.05) is 65.0 Å². The van der Waals surface area contributed by atoms with Gasteiger partial charge in [0, 0.05) is 25.0 Å². The van der Waals surface area contributed by atoms with Crippen LogP contribution in [0, 0.1) is 5.41 Å². The Kier molecular flexibility index (Phi) is 9.06. The molecular weight excluding hydrogens is 304 g/mol. The summed E-state index contributed by atoms with van der Waals surface area (Å²) in [7, 11) is -2.81. The largest absolute Gasteiger partial charge is 0.537 e. The Morgan fingerprint density at radius 2 is 1.35 bits per heavy atom. The fourth-order valence-corrected chi connectivity index (χ4v) is 5.01. The predicted molar refractivity (Wildman–Crippen MR) is 99.0 cm³/mol. The molecule has 3 nitrogen and oxygen atoms in total. The number of hydrogen-bond acceptors (Lipinski definition) is 3. The average Bonchev–Trinajstić information content (AvgIpc) is 2.53. The minimum absolute atomic E-state index is 0.328. The van der Waals surface area contributed by atoms with Crippen LogP contribution in [0.5, 0.6) is 0 Å². The zero-order valence-electron chi connectivity index (χ0n) is 15.6. The van der Waals surface area contributed by atoms with Crippen LogP contribution >= 0.6 is 0 Å². The molecule has 0 N–H and O–H groups in total. The number of rotatable bonds is 11. The van der Waals surface area contributed by atoms with Crippen LogP contribution in [0.3, 0.4) is 0 Å². The Hall–Kier alpha value is -0.683. The van der Waals surface area contributed by atoms with Gasteiger partial charge in [-0.15, -0.1) is 0 Å². The third-order valence-electron chi connectivity index (χ3n) is 3.48. The van der Waals surface area contributed by atoms with E-state index >= 15 is 0 Å². The smallest absolute Gasteiger partial charge is 0.370 e. The molecule has 132 valence electrons. The van der Waals surface area contributed by atoms with Crippen LogP contribution in [0.1, 0.15) is 60.3 Å². The van der Waals surface area contributed by atoms with Gasteiger partial charge in [0.2, 0.25) is 0 Å². The minimum Gasteiger partial charge on any atom is -0.370 e. The highest BCUT2D eigenvalue weighted by Gasteiger charge is 2.43. The summed E-state index contributed by atoms with van der Waals surface area (Å²) >= 11 is 0. The molecule has 0 saturated carbocycles.